The molecular formula is C11H16N4O3. The summed E-state index contributed by atoms with van der Waals surface area (Å²) in [6, 6.07) is -0.724. The molecule has 1 aromatic heterocycles. The van der Waals surface area contributed by atoms with Crippen LogP contribution >= 0.6 is 0 Å². The fourth-order valence-electron chi connectivity index (χ4n) is 1.87. The Morgan fingerprint density at radius 3 is 3.00 bits per heavy atom. The van der Waals surface area contributed by atoms with Crippen molar-refractivity contribution in [2.75, 3.05) is 5.32 Å². The average molecular weight is 252 g/mol. The predicted octanol–water partition coefficient (Wildman–Crippen LogP) is 1.14. The molecule has 0 aliphatic heterocycles. The average Bonchev–Trinajstić information content (AvgIpc) is 2.97. The molecule has 2 atom stereocenters. The molecule has 1 amide bonds. The summed E-state index contributed by atoms with van der Waals surface area (Å²) < 4.78 is 1.84. The number of nitro groups is 1. The van der Waals surface area contributed by atoms with Gasteiger partial charge in [-0.25, -0.2) is 4.98 Å². The molecule has 1 heterocycles. The van der Waals surface area contributed by atoms with Gasteiger partial charge in [0.25, 0.3) is 0 Å². The lowest BCUT2D eigenvalue weighted by atomic mass is 10.2. The fourth-order valence-corrected chi connectivity index (χ4v) is 1.87. The second-order valence-corrected chi connectivity index (χ2v) is 4.98. The van der Waals surface area contributed by atoms with Crippen LogP contribution in [0.1, 0.15) is 20.3 Å². The molecule has 0 radical (unpaired) electrons. The van der Waals surface area contributed by atoms with Gasteiger partial charge in [0.1, 0.15) is 5.92 Å². The largest absolute Gasteiger partial charge is 0.317 e. The number of hydrogen-bond donors (Lipinski definition) is 1. The maximum absolute atomic E-state index is 11.8. The van der Waals surface area contributed by atoms with Gasteiger partial charge in [0.05, 0.1) is 0 Å². The number of hydrogen-bond acceptors (Lipinski definition) is 4. The van der Waals surface area contributed by atoms with Crippen LogP contribution in [-0.2, 0) is 11.3 Å². The molecule has 1 aliphatic rings. The van der Waals surface area contributed by atoms with E-state index in [1.807, 2.05) is 4.57 Å². The topological polar surface area (TPSA) is 90.1 Å². The summed E-state index contributed by atoms with van der Waals surface area (Å²) in [5.41, 5.74) is 0. The molecule has 1 aromatic rings. The predicted molar refractivity (Wildman–Crippen MR) is 64.6 cm³/mol. The third-order valence-corrected chi connectivity index (χ3v) is 2.88. The number of nitrogens with zero attached hydrogens (tertiary/aromatic N) is 3. The molecule has 1 N–H and O–H groups in total. The van der Waals surface area contributed by atoms with Gasteiger partial charge in [-0.15, -0.1) is 0 Å². The van der Waals surface area contributed by atoms with Crippen LogP contribution in [0.25, 0.3) is 0 Å². The number of carbonyl (C=O) groups excluding carboxylic acids is 1. The van der Waals surface area contributed by atoms with Gasteiger partial charge in [-0.3, -0.25) is 20.2 Å². The molecule has 0 spiro atoms. The summed E-state index contributed by atoms with van der Waals surface area (Å²) in [6.07, 6.45) is 3.72. The van der Waals surface area contributed by atoms with E-state index in [9.17, 15) is 14.9 Å². The summed E-state index contributed by atoms with van der Waals surface area (Å²) in [5, 5.41) is 13.1. The molecule has 0 aromatic carbocycles. The minimum absolute atomic E-state index is 0.312. The van der Waals surface area contributed by atoms with E-state index in [0.29, 0.717) is 18.3 Å². The molecule has 7 nitrogen and oxygen atoms in total. The highest BCUT2D eigenvalue weighted by molar-refractivity contribution is 5.93. The molecule has 0 saturated heterocycles. The highest BCUT2D eigenvalue weighted by Crippen LogP contribution is 2.33. The van der Waals surface area contributed by atoms with Crippen LogP contribution in [0.3, 0.4) is 0 Å². The quantitative estimate of drug-likeness (QED) is 0.628. The van der Waals surface area contributed by atoms with Gasteiger partial charge in [0.2, 0.25) is 17.9 Å². The van der Waals surface area contributed by atoms with Crippen LogP contribution < -0.4 is 5.32 Å². The van der Waals surface area contributed by atoms with Crippen molar-refractivity contribution in [3.63, 3.8) is 0 Å². The maximum Gasteiger partial charge on any atom is 0.237 e. The third-order valence-electron chi connectivity index (χ3n) is 2.88. The van der Waals surface area contributed by atoms with Crippen LogP contribution in [0.4, 0.5) is 5.95 Å². The summed E-state index contributed by atoms with van der Waals surface area (Å²) in [5.74, 6) is 0.0714. The second-order valence-electron chi connectivity index (χ2n) is 4.98. The van der Waals surface area contributed by atoms with E-state index in [-0.39, 0.29) is 5.91 Å². The van der Waals surface area contributed by atoms with Crippen molar-refractivity contribution in [3.8, 4) is 0 Å². The van der Waals surface area contributed by atoms with Crippen molar-refractivity contribution in [3.05, 3.63) is 22.5 Å². The lowest BCUT2D eigenvalue weighted by Crippen LogP contribution is -2.21. The molecule has 7 heteroatoms. The Morgan fingerprint density at radius 1 is 1.72 bits per heavy atom. The Morgan fingerprint density at radius 2 is 2.44 bits per heavy atom. The van der Waals surface area contributed by atoms with Crippen LogP contribution in [0.2, 0.25) is 0 Å². The van der Waals surface area contributed by atoms with E-state index in [1.165, 1.54) is 0 Å². The van der Waals surface area contributed by atoms with Gasteiger partial charge in [-0.2, -0.15) is 0 Å². The smallest absolute Gasteiger partial charge is 0.237 e. The number of amides is 1. The van der Waals surface area contributed by atoms with Gasteiger partial charge in [-0.1, -0.05) is 13.8 Å². The summed E-state index contributed by atoms with van der Waals surface area (Å²) in [6.45, 7) is 4.88. The summed E-state index contributed by atoms with van der Waals surface area (Å²) in [4.78, 5) is 25.9. The third kappa shape index (κ3) is 2.66. The molecule has 98 valence electrons. The molecule has 2 rings (SSSR count). The zero-order chi connectivity index (χ0) is 13.3. The van der Waals surface area contributed by atoms with Crippen molar-refractivity contribution in [2.45, 2.75) is 32.9 Å². The zero-order valence-corrected chi connectivity index (χ0v) is 10.4. The first-order valence-electron chi connectivity index (χ1n) is 5.94. The van der Waals surface area contributed by atoms with Crippen LogP contribution in [0.5, 0.6) is 0 Å². The van der Waals surface area contributed by atoms with E-state index in [4.69, 9.17) is 0 Å². The summed E-state index contributed by atoms with van der Waals surface area (Å²) >= 11 is 0. The highest BCUT2D eigenvalue weighted by atomic mass is 16.6. The number of carbonyl (C=O) groups is 1. The van der Waals surface area contributed by atoms with E-state index in [1.54, 1.807) is 12.4 Å². The van der Waals surface area contributed by atoms with Crippen LogP contribution in [-0.4, -0.2) is 26.4 Å². The number of anilines is 1. The molecule has 1 saturated carbocycles. The Labute approximate surface area is 104 Å². The molecule has 0 unspecified atom stereocenters. The Kier molecular flexibility index (Phi) is 3.31. The standard InChI is InChI=1S/C11H16N4O3/c1-7(2)6-14-4-3-12-11(14)13-10(16)8-5-9(8)15(17)18/h3-4,7-9H,5-6H2,1-2H3,(H,12,13,16)/t8-,9-/m1/s1. The normalized spacial score (nSPS) is 21.9. The molecular weight excluding hydrogens is 236 g/mol. The number of rotatable bonds is 5. The molecule has 18 heavy (non-hydrogen) atoms. The first-order valence-corrected chi connectivity index (χ1v) is 5.94. The summed E-state index contributed by atoms with van der Waals surface area (Å²) in [7, 11) is 0. The van der Waals surface area contributed by atoms with Crippen molar-refractivity contribution in [1.29, 1.82) is 0 Å². The van der Waals surface area contributed by atoms with E-state index in [0.717, 1.165) is 6.54 Å². The lowest BCUT2D eigenvalue weighted by Gasteiger charge is -2.10. The minimum Gasteiger partial charge on any atom is -0.317 e. The fraction of sp³-hybridized carbons (Fsp3) is 0.636. The highest BCUT2D eigenvalue weighted by Gasteiger charge is 2.53. The van der Waals surface area contributed by atoms with Gasteiger partial charge < -0.3 is 4.57 Å². The number of nitrogens with one attached hydrogen (secondary N) is 1. The molecule has 1 fully saturated rings. The second kappa shape index (κ2) is 4.75. The van der Waals surface area contributed by atoms with Crippen LogP contribution in [0, 0.1) is 22.0 Å². The van der Waals surface area contributed by atoms with Gasteiger partial charge in [0, 0.05) is 30.3 Å². The van der Waals surface area contributed by atoms with E-state index >= 15 is 0 Å². The number of aromatic nitrogens is 2. The van der Waals surface area contributed by atoms with E-state index < -0.39 is 16.9 Å². The Hall–Kier alpha value is -1.92. The monoisotopic (exact) mass is 252 g/mol. The number of imidazole rings is 1. The van der Waals surface area contributed by atoms with Crippen LogP contribution in [0.15, 0.2) is 12.4 Å². The van der Waals surface area contributed by atoms with Crippen molar-refractivity contribution in [1.82, 2.24) is 9.55 Å². The molecule has 1 aliphatic carbocycles. The maximum atomic E-state index is 11.8. The van der Waals surface area contributed by atoms with Gasteiger partial charge in [-0.05, 0) is 5.92 Å². The Bertz CT molecular complexity index is 469. The SMILES string of the molecule is CC(C)Cn1ccnc1NC(=O)[C@@H]1C[C@H]1[N+](=O)[O-]. The first-order chi connectivity index (χ1) is 8.49. The lowest BCUT2D eigenvalue weighted by molar-refractivity contribution is -0.497. The first kappa shape index (κ1) is 12.5. The van der Waals surface area contributed by atoms with Crippen molar-refractivity contribution in [2.24, 2.45) is 11.8 Å². The van der Waals surface area contributed by atoms with Gasteiger partial charge >= 0.3 is 0 Å². The minimum atomic E-state index is -0.724. The Balaban J connectivity index is 1.96. The molecule has 0 bridgehead atoms. The van der Waals surface area contributed by atoms with Crippen molar-refractivity contribution < 1.29 is 9.72 Å². The van der Waals surface area contributed by atoms with Gasteiger partial charge in [0.15, 0.2) is 0 Å². The zero-order valence-electron chi connectivity index (χ0n) is 10.4. The van der Waals surface area contributed by atoms with E-state index in [2.05, 4.69) is 24.1 Å². The van der Waals surface area contributed by atoms with Crippen molar-refractivity contribution >= 4 is 11.9 Å².